The zero-order valence-corrected chi connectivity index (χ0v) is 9.45. The van der Waals surface area contributed by atoms with Crippen LogP contribution < -0.4 is 5.32 Å². The second-order valence-electron chi connectivity index (χ2n) is 3.54. The lowest BCUT2D eigenvalue weighted by atomic mass is 10.1. The summed E-state index contributed by atoms with van der Waals surface area (Å²) in [5.74, 6) is 1.01. The molecule has 0 saturated heterocycles. The van der Waals surface area contributed by atoms with E-state index in [2.05, 4.69) is 41.8 Å². The Balaban J connectivity index is 2.74. The normalized spacial score (nSPS) is 12.8. The van der Waals surface area contributed by atoms with E-state index in [0.717, 1.165) is 12.5 Å². The van der Waals surface area contributed by atoms with E-state index in [-0.39, 0.29) is 0 Å². The van der Waals surface area contributed by atoms with Gasteiger partial charge in [-0.05, 0) is 19.8 Å². The van der Waals surface area contributed by atoms with Crippen LogP contribution in [0.4, 0.5) is 5.95 Å². The summed E-state index contributed by atoms with van der Waals surface area (Å²) in [7, 11) is 0. The standard InChI is InChI=1S/C11H21N3/c1-4-7-10(5-2)14-9-8-13-11(14)12-6-3/h8-10H,4-7H2,1-3H3,(H,12,13). The molecule has 0 radical (unpaired) electrons. The minimum Gasteiger partial charge on any atom is -0.356 e. The molecular formula is C11H21N3. The molecule has 0 bridgehead atoms. The highest BCUT2D eigenvalue weighted by atomic mass is 15.2. The molecule has 1 unspecified atom stereocenters. The van der Waals surface area contributed by atoms with Crippen molar-refractivity contribution in [1.29, 1.82) is 0 Å². The van der Waals surface area contributed by atoms with Crippen molar-refractivity contribution in [2.75, 3.05) is 11.9 Å². The van der Waals surface area contributed by atoms with Gasteiger partial charge in [0.1, 0.15) is 0 Å². The van der Waals surface area contributed by atoms with Gasteiger partial charge in [0.15, 0.2) is 0 Å². The van der Waals surface area contributed by atoms with E-state index in [1.165, 1.54) is 19.3 Å². The monoisotopic (exact) mass is 195 g/mol. The fraction of sp³-hybridized carbons (Fsp3) is 0.727. The molecule has 0 aliphatic rings. The molecule has 0 aliphatic carbocycles. The third-order valence-corrected chi connectivity index (χ3v) is 2.49. The number of hydrogen-bond acceptors (Lipinski definition) is 2. The number of aromatic nitrogens is 2. The van der Waals surface area contributed by atoms with Crippen LogP contribution in [-0.2, 0) is 0 Å². The summed E-state index contributed by atoms with van der Waals surface area (Å²) in [6, 6.07) is 0.594. The largest absolute Gasteiger partial charge is 0.356 e. The second-order valence-corrected chi connectivity index (χ2v) is 3.54. The van der Waals surface area contributed by atoms with Crippen LogP contribution in [0.25, 0.3) is 0 Å². The molecule has 0 spiro atoms. The van der Waals surface area contributed by atoms with Crippen LogP contribution in [0, 0.1) is 0 Å². The lowest BCUT2D eigenvalue weighted by molar-refractivity contribution is 0.451. The SMILES string of the molecule is CCCC(CC)n1ccnc1NCC. The molecule has 3 nitrogen and oxygen atoms in total. The Kier molecular flexibility index (Phi) is 4.50. The molecular weight excluding hydrogens is 174 g/mol. The molecule has 1 N–H and O–H groups in total. The highest BCUT2D eigenvalue weighted by molar-refractivity contribution is 5.26. The smallest absolute Gasteiger partial charge is 0.203 e. The number of rotatable bonds is 6. The average molecular weight is 195 g/mol. The summed E-state index contributed by atoms with van der Waals surface area (Å²) in [5.41, 5.74) is 0. The molecule has 0 amide bonds. The predicted octanol–water partition coefficient (Wildman–Crippen LogP) is 3.07. The lowest BCUT2D eigenvalue weighted by Crippen LogP contribution is -2.12. The van der Waals surface area contributed by atoms with Crippen molar-refractivity contribution in [1.82, 2.24) is 9.55 Å². The molecule has 0 saturated carbocycles. The molecule has 1 aromatic heterocycles. The van der Waals surface area contributed by atoms with Gasteiger partial charge in [0.2, 0.25) is 5.95 Å². The Morgan fingerprint density at radius 1 is 1.43 bits per heavy atom. The second kappa shape index (κ2) is 5.68. The van der Waals surface area contributed by atoms with Crippen molar-refractivity contribution < 1.29 is 0 Å². The molecule has 0 aliphatic heterocycles. The van der Waals surface area contributed by atoms with Crippen LogP contribution in [0.15, 0.2) is 12.4 Å². The molecule has 80 valence electrons. The van der Waals surface area contributed by atoms with E-state index in [0.29, 0.717) is 6.04 Å². The summed E-state index contributed by atoms with van der Waals surface area (Å²) in [6.45, 7) is 7.49. The lowest BCUT2D eigenvalue weighted by Gasteiger charge is -2.18. The van der Waals surface area contributed by atoms with Gasteiger partial charge in [-0.3, -0.25) is 0 Å². The highest BCUT2D eigenvalue weighted by Crippen LogP contribution is 2.21. The van der Waals surface area contributed by atoms with E-state index >= 15 is 0 Å². The van der Waals surface area contributed by atoms with Crippen molar-refractivity contribution in [2.45, 2.75) is 46.1 Å². The van der Waals surface area contributed by atoms with Gasteiger partial charge in [-0.2, -0.15) is 0 Å². The summed E-state index contributed by atoms with van der Waals surface area (Å²) in [4.78, 5) is 4.31. The Hall–Kier alpha value is -0.990. The van der Waals surface area contributed by atoms with Crippen LogP contribution in [0.1, 0.15) is 46.1 Å². The van der Waals surface area contributed by atoms with Gasteiger partial charge >= 0.3 is 0 Å². The molecule has 0 aromatic carbocycles. The molecule has 1 atom stereocenters. The first-order chi connectivity index (χ1) is 6.83. The minimum absolute atomic E-state index is 0.594. The molecule has 14 heavy (non-hydrogen) atoms. The van der Waals surface area contributed by atoms with Crippen molar-refractivity contribution in [2.24, 2.45) is 0 Å². The summed E-state index contributed by atoms with van der Waals surface area (Å²) < 4.78 is 2.26. The maximum absolute atomic E-state index is 4.31. The average Bonchev–Trinajstić information content (AvgIpc) is 2.63. The van der Waals surface area contributed by atoms with Gasteiger partial charge in [-0.15, -0.1) is 0 Å². The first kappa shape index (κ1) is 11.1. The van der Waals surface area contributed by atoms with Crippen LogP contribution in [0.3, 0.4) is 0 Å². The fourth-order valence-corrected chi connectivity index (χ4v) is 1.78. The summed E-state index contributed by atoms with van der Waals surface area (Å²) >= 11 is 0. The zero-order chi connectivity index (χ0) is 10.4. The van der Waals surface area contributed by atoms with Gasteiger partial charge in [0.25, 0.3) is 0 Å². The maximum atomic E-state index is 4.31. The first-order valence-corrected chi connectivity index (χ1v) is 5.60. The summed E-state index contributed by atoms with van der Waals surface area (Å²) in [5, 5.41) is 3.28. The van der Waals surface area contributed by atoms with E-state index < -0.39 is 0 Å². The van der Waals surface area contributed by atoms with E-state index in [1.807, 2.05) is 6.20 Å². The summed E-state index contributed by atoms with van der Waals surface area (Å²) in [6.07, 6.45) is 7.56. The quantitative estimate of drug-likeness (QED) is 0.756. The van der Waals surface area contributed by atoms with E-state index in [4.69, 9.17) is 0 Å². The van der Waals surface area contributed by atoms with Gasteiger partial charge in [0.05, 0.1) is 0 Å². The topological polar surface area (TPSA) is 29.9 Å². The molecule has 1 heterocycles. The molecule has 0 fully saturated rings. The maximum Gasteiger partial charge on any atom is 0.203 e. The zero-order valence-electron chi connectivity index (χ0n) is 9.45. The highest BCUT2D eigenvalue weighted by Gasteiger charge is 2.10. The van der Waals surface area contributed by atoms with Crippen LogP contribution in [-0.4, -0.2) is 16.1 Å². The fourth-order valence-electron chi connectivity index (χ4n) is 1.78. The number of nitrogens with one attached hydrogen (secondary N) is 1. The van der Waals surface area contributed by atoms with Gasteiger partial charge in [-0.1, -0.05) is 20.3 Å². The van der Waals surface area contributed by atoms with Gasteiger partial charge in [-0.25, -0.2) is 4.98 Å². The predicted molar refractivity (Wildman–Crippen MR) is 60.6 cm³/mol. The Labute approximate surface area is 86.5 Å². The van der Waals surface area contributed by atoms with Gasteiger partial charge in [0, 0.05) is 25.0 Å². The number of imidazole rings is 1. The van der Waals surface area contributed by atoms with Crippen molar-refractivity contribution in [3.8, 4) is 0 Å². The van der Waals surface area contributed by atoms with E-state index in [1.54, 1.807) is 0 Å². The van der Waals surface area contributed by atoms with E-state index in [9.17, 15) is 0 Å². The molecule has 1 rings (SSSR count). The van der Waals surface area contributed by atoms with Gasteiger partial charge < -0.3 is 9.88 Å². The van der Waals surface area contributed by atoms with Crippen LogP contribution in [0.5, 0.6) is 0 Å². The minimum atomic E-state index is 0.594. The number of hydrogen-bond donors (Lipinski definition) is 1. The number of anilines is 1. The number of nitrogens with zero attached hydrogens (tertiary/aromatic N) is 2. The van der Waals surface area contributed by atoms with Crippen LogP contribution >= 0.6 is 0 Å². The van der Waals surface area contributed by atoms with Crippen molar-refractivity contribution in [3.63, 3.8) is 0 Å². The Morgan fingerprint density at radius 2 is 2.21 bits per heavy atom. The molecule has 3 heteroatoms. The third kappa shape index (κ3) is 2.50. The first-order valence-electron chi connectivity index (χ1n) is 5.60. The van der Waals surface area contributed by atoms with Crippen molar-refractivity contribution >= 4 is 5.95 Å². The van der Waals surface area contributed by atoms with Crippen molar-refractivity contribution in [3.05, 3.63) is 12.4 Å². The third-order valence-electron chi connectivity index (χ3n) is 2.49. The Bertz CT molecular complexity index is 255. The Morgan fingerprint density at radius 3 is 2.79 bits per heavy atom. The molecule has 1 aromatic rings. The van der Waals surface area contributed by atoms with Crippen LogP contribution in [0.2, 0.25) is 0 Å².